The van der Waals surface area contributed by atoms with Crippen LogP contribution in [-0.4, -0.2) is 33.5 Å². The quantitative estimate of drug-likeness (QED) is 0.299. The Labute approximate surface area is 75.3 Å². The maximum absolute atomic E-state index is 8.98. The zero-order valence-electron chi connectivity index (χ0n) is 6.79. The van der Waals surface area contributed by atoms with Crippen molar-refractivity contribution in [3.8, 4) is 0 Å². The molecule has 5 heteroatoms. The summed E-state index contributed by atoms with van der Waals surface area (Å²) < 4.78 is 18.0. The maximum atomic E-state index is 8.98. The lowest BCUT2D eigenvalue weighted by molar-refractivity contribution is 0.491. The number of thiol groups is 1. The second-order valence-electron chi connectivity index (χ2n) is 2.56. The first kappa shape index (κ1) is 11.6. The highest BCUT2D eigenvalue weighted by molar-refractivity contribution is 8.23. The molecule has 0 bridgehead atoms. The van der Waals surface area contributed by atoms with Gasteiger partial charge in [-0.25, -0.2) is 0 Å². The van der Waals surface area contributed by atoms with Gasteiger partial charge < -0.3 is 5.32 Å². The van der Waals surface area contributed by atoms with Crippen LogP contribution in [0.3, 0.4) is 0 Å². The van der Waals surface area contributed by atoms with E-state index in [4.69, 9.17) is 9.11 Å². The minimum absolute atomic E-state index is 0.515. The highest BCUT2D eigenvalue weighted by Gasteiger charge is 2.01. The predicted octanol–water partition coefficient (Wildman–Crippen LogP) is 1.62. The van der Waals surface area contributed by atoms with E-state index in [1.54, 1.807) is 0 Å². The molecule has 0 spiro atoms. The van der Waals surface area contributed by atoms with Crippen LogP contribution < -0.4 is 5.32 Å². The van der Waals surface area contributed by atoms with Gasteiger partial charge in [0.25, 0.3) is 0 Å². The molecule has 0 saturated carbocycles. The molecule has 0 aromatic rings. The van der Waals surface area contributed by atoms with Crippen LogP contribution in [0.2, 0.25) is 0 Å². The normalized spacial score (nSPS) is 13.5. The monoisotopic (exact) mass is 199 g/mol. The van der Waals surface area contributed by atoms with E-state index in [9.17, 15) is 0 Å². The van der Waals surface area contributed by atoms with Gasteiger partial charge in [0.15, 0.2) is 0 Å². The zero-order chi connectivity index (χ0) is 8.74. The summed E-state index contributed by atoms with van der Waals surface area (Å²) in [6.07, 6.45) is 3.32. The van der Waals surface area contributed by atoms with Gasteiger partial charge in [0, 0.05) is 17.9 Å². The van der Waals surface area contributed by atoms with Crippen molar-refractivity contribution in [1.82, 2.24) is 5.32 Å². The summed E-state index contributed by atoms with van der Waals surface area (Å²) in [5.41, 5.74) is 0. The van der Waals surface area contributed by atoms with E-state index in [1.165, 1.54) is 6.26 Å². The Morgan fingerprint density at radius 3 is 2.45 bits per heavy atom. The first-order valence-corrected chi connectivity index (χ1v) is 6.34. The van der Waals surface area contributed by atoms with Gasteiger partial charge in [-0.2, -0.15) is 23.2 Å². The fraction of sp³-hybridized carbons (Fsp3) is 1.00. The van der Waals surface area contributed by atoms with E-state index in [2.05, 4.69) is 17.9 Å². The highest BCUT2D eigenvalue weighted by Crippen LogP contribution is 2.33. The van der Waals surface area contributed by atoms with E-state index >= 15 is 0 Å². The first-order valence-electron chi connectivity index (χ1n) is 3.59. The lowest BCUT2D eigenvalue weighted by atomic mass is 10.3. The summed E-state index contributed by atoms with van der Waals surface area (Å²) in [4.78, 5) is 0. The molecule has 0 aromatic carbocycles. The molecular formula is C6H17NO2S2. The van der Waals surface area contributed by atoms with Crippen LogP contribution in [0, 0.1) is 0 Å². The molecule has 0 rings (SSSR count). The van der Waals surface area contributed by atoms with Crippen LogP contribution in [0.25, 0.3) is 0 Å². The third kappa shape index (κ3) is 10.6. The highest BCUT2D eigenvalue weighted by atomic mass is 32.3. The number of unbranched alkanes of at least 4 members (excludes halogenated alkanes) is 1. The molecule has 0 aliphatic rings. The zero-order valence-corrected chi connectivity index (χ0v) is 8.50. The Morgan fingerprint density at radius 1 is 1.36 bits per heavy atom. The van der Waals surface area contributed by atoms with Crippen molar-refractivity contribution in [3.63, 3.8) is 0 Å². The minimum atomic E-state index is -2.26. The van der Waals surface area contributed by atoms with Crippen molar-refractivity contribution in [1.29, 1.82) is 0 Å². The SMILES string of the molecule is CS(O)(O)CCCCNCS. The van der Waals surface area contributed by atoms with Crippen molar-refractivity contribution in [3.05, 3.63) is 0 Å². The Kier molecular flexibility index (Phi) is 6.46. The van der Waals surface area contributed by atoms with Crippen LogP contribution in [0.15, 0.2) is 0 Å². The van der Waals surface area contributed by atoms with Crippen molar-refractivity contribution in [2.24, 2.45) is 0 Å². The smallest absolute Gasteiger partial charge is 0.0387 e. The van der Waals surface area contributed by atoms with Crippen molar-refractivity contribution in [2.45, 2.75) is 12.8 Å². The van der Waals surface area contributed by atoms with E-state index in [1.807, 2.05) is 0 Å². The van der Waals surface area contributed by atoms with Gasteiger partial charge >= 0.3 is 0 Å². The lowest BCUT2D eigenvalue weighted by Gasteiger charge is -2.26. The van der Waals surface area contributed by atoms with E-state index < -0.39 is 10.6 Å². The molecule has 0 heterocycles. The molecular weight excluding hydrogens is 182 g/mol. The summed E-state index contributed by atoms with van der Waals surface area (Å²) >= 11 is 3.98. The topological polar surface area (TPSA) is 52.5 Å². The molecule has 3 nitrogen and oxygen atoms in total. The molecule has 0 saturated heterocycles. The largest absolute Gasteiger partial charge is 0.308 e. The predicted molar refractivity (Wildman–Crippen MR) is 54.7 cm³/mol. The van der Waals surface area contributed by atoms with Gasteiger partial charge in [0.05, 0.1) is 0 Å². The lowest BCUT2D eigenvalue weighted by Crippen LogP contribution is -2.13. The first-order chi connectivity index (χ1) is 5.06. The summed E-state index contributed by atoms with van der Waals surface area (Å²) in [7, 11) is -2.26. The molecule has 0 amide bonds. The van der Waals surface area contributed by atoms with E-state index in [0.717, 1.165) is 19.4 Å². The van der Waals surface area contributed by atoms with Gasteiger partial charge in [-0.1, -0.05) is 0 Å². The van der Waals surface area contributed by atoms with Crippen LogP contribution in [0.4, 0.5) is 0 Å². The summed E-state index contributed by atoms with van der Waals surface area (Å²) in [5.74, 6) is 1.20. The molecule has 70 valence electrons. The molecule has 3 N–H and O–H groups in total. The van der Waals surface area contributed by atoms with E-state index in [0.29, 0.717) is 11.6 Å². The Morgan fingerprint density at radius 2 is 2.00 bits per heavy atom. The molecule has 0 radical (unpaired) electrons. The molecule has 0 aromatic heterocycles. The summed E-state index contributed by atoms with van der Waals surface area (Å²) in [6.45, 7) is 0.902. The average molecular weight is 199 g/mol. The Hall–Kier alpha value is 0.580. The van der Waals surface area contributed by atoms with Crippen molar-refractivity contribution >= 4 is 23.2 Å². The van der Waals surface area contributed by atoms with Gasteiger partial charge in [-0.15, -0.1) is 0 Å². The molecule has 0 unspecified atom stereocenters. The third-order valence-corrected chi connectivity index (χ3v) is 2.53. The number of hydrogen-bond donors (Lipinski definition) is 4. The van der Waals surface area contributed by atoms with Crippen molar-refractivity contribution < 1.29 is 9.11 Å². The fourth-order valence-corrected chi connectivity index (χ4v) is 1.61. The van der Waals surface area contributed by atoms with Crippen LogP contribution in [-0.2, 0) is 0 Å². The number of nitrogens with one attached hydrogen (secondary N) is 1. The van der Waals surface area contributed by atoms with Crippen LogP contribution >= 0.6 is 23.2 Å². The number of hydrogen-bond acceptors (Lipinski definition) is 4. The van der Waals surface area contributed by atoms with E-state index in [-0.39, 0.29) is 0 Å². The Bertz CT molecular complexity index is 95.1. The van der Waals surface area contributed by atoms with Gasteiger partial charge in [-0.3, -0.25) is 9.11 Å². The van der Waals surface area contributed by atoms with Gasteiger partial charge in [0.2, 0.25) is 0 Å². The molecule has 0 fully saturated rings. The summed E-state index contributed by atoms with van der Waals surface area (Å²) in [5, 5.41) is 3.04. The second-order valence-corrected chi connectivity index (χ2v) is 5.27. The summed E-state index contributed by atoms with van der Waals surface area (Å²) in [6, 6.07) is 0. The number of rotatable bonds is 6. The average Bonchev–Trinajstić information content (AvgIpc) is 1.85. The fourth-order valence-electron chi connectivity index (χ4n) is 0.705. The third-order valence-electron chi connectivity index (χ3n) is 1.25. The molecule has 11 heavy (non-hydrogen) atoms. The molecule has 0 aliphatic carbocycles. The minimum Gasteiger partial charge on any atom is -0.308 e. The second kappa shape index (κ2) is 6.14. The maximum Gasteiger partial charge on any atom is 0.0387 e. The molecule has 0 aliphatic heterocycles. The standard InChI is InChI=1S/C6H17NO2S2/c1-11(8,9)5-3-2-4-7-6-10/h7-10H,2-6H2,1H3. The van der Waals surface area contributed by atoms with Crippen LogP contribution in [0.1, 0.15) is 12.8 Å². The van der Waals surface area contributed by atoms with Gasteiger partial charge in [-0.05, 0) is 19.4 Å². The Balaban J connectivity index is 3.02. The van der Waals surface area contributed by atoms with Crippen molar-refractivity contribution in [2.75, 3.05) is 24.4 Å². The molecule has 0 atom stereocenters. The van der Waals surface area contributed by atoms with Crippen LogP contribution in [0.5, 0.6) is 0 Å². The van der Waals surface area contributed by atoms with Gasteiger partial charge in [0.1, 0.15) is 0 Å².